The molecule has 1 aromatic rings. The van der Waals surface area contributed by atoms with Crippen LogP contribution < -0.4 is 0 Å². The van der Waals surface area contributed by atoms with Crippen molar-refractivity contribution in [1.82, 2.24) is 7.36 Å². The first-order chi connectivity index (χ1) is 4.83. The van der Waals surface area contributed by atoms with Crippen LogP contribution in [0.1, 0.15) is 12.1 Å². The van der Waals surface area contributed by atoms with Gasteiger partial charge < -0.3 is 0 Å². The van der Waals surface area contributed by atoms with E-state index in [1.807, 2.05) is 12.5 Å². The fraction of sp³-hybridized carbons (Fsp3) is 0.500. The van der Waals surface area contributed by atoms with Crippen LogP contribution >= 0.6 is 0 Å². The Labute approximate surface area is 76.2 Å². The summed E-state index contributed by atoms with van der Waals surface area (Å²) in [6.45, 7) is 0.260. The van der Waals surface area contributed by atoms with Gasteiger partial charge in [-0.15, -0.1) is 0 Å². The van der Waals surface area contributed by atoms with Gasteiger partial charge in [-0.2, -0.15) is 0 Å². The fourth-order valence-corrected chi connectivity index (χ4v) is 1.70. The summed E-state index contributed by atoms with van der Waals surface area (Å²) >= 11 is 0.806. The van der Waals surface area contributed by atoms with Crippen LogP contribution in [-0.4, -0.2) is 45.1 Å². The van der Waals surface area contributed by atoms with Gasteiger partial charge in [0.15, 0.2) is 0 Å². The van der Waals surface area contributed by atoms with Gasteiger partial charge in [-0.3, -0.25) is 0 Å². The van der Waals surface area contributed by atoms with Crippen LogP contribution in [0.4, 0.5) is 0 Å². The van der Waals surface area contributed by atoms with Crippen molar-refractivity contribution in [3.63, 3.8) is 0 Å². The summed E-state index contributed by atoms with van der Waals surface area (Å²) in [5, 5.41) is 8.51. The Balaban J connectivity index is 2.42. The number of rotatable bonds is 3. The number of aromatic nitrogens is 2. The molecule has 1 N–H and O–H groups in total. The Bertz CT molecular complexity index is 199. The molecular formula is C6H9N2OTl. The number of aliphatic hydroxyl groups excluding tert-OH is 1. The Morgan fingerprint density at radius 2 is 2.50 bits per heavy atom. The molecule has 4 heteroatoms. The number of imidazole rings is 1. The zero-order valence-corrected chi connectivity index (χ0v) is 10.2. The van der Waals surface area contributed by atoms with Gasteiger partial charge in [-0.1, -0.05) is 0 Å². The monoisotopic (exact) mass is 330 g/mol. The van der Waals surface area contributed by atoms with E-state index in [9.17, 15) is 0 Å². The Kier molecular flexibility index (Phi) is 3.34. The van der Waals surface area contributed by atoms with Crippen molar-refractivity contribution in [1.29, 1.82) is 0 Å². The molecule has 1 rings (SSSR count). The minimum atomic E-state index is 0.260. The van der Waals surface area contributed by atoms with Gasteiger partial charge in [0.2, 0.25) is 0 Å². The van der Waals surface area contributed by atoms with Gasteiger partial charge in [-0.25, -0.2) is 0 Å². The van der Waals surface area contributed by atoms with E-state index < -0.39 is 0 Å². The number of aryl methyl sites for hydroxylation is 1. The third kappa shape index (κ3) is 2.37. The molecule has 0 saturated carbocycles. The number of aliphatic hydroxyl groups is 1. The molecule has 1 heterocycles. The second-order valence-electron chi connectivity index (χ2n) is 2.14. The first-order valence-corrected chi connectivity index (χ1v) is 5.22. The standard InChI is InChI=1S/C6H9N2O.Tl/c9-3-1-2-6-4-7-5-8-6;/h4-5,9H,1-3H2;/q-1;+1. The Morgan fingerprint density at radius 3 is 3.00 bits per heavy atom. The van der Waals surface area contributed by atoms with Gasteiger partial charge in [0, 0.05) is 0 Å². The van der Waals surface area contributed by atoms with Gasteiger partial charge in [0.05, 0.1) is 0 Å². The summed E-state index contributed by atoms with van der Waals surface area (Å²) in [4.78, 5) is 4.15. The van der Waals surface area contributed by atoms with Crippen LogP contribution in [0.25, 0.3) is 0 Å². The Hall–Kier alpha value is 0.0921. The SMILES string of the molecule is OCCCc1c[n]([Tl])cn1. The summed E-state index contributed by atoms with van der Waals surface area (Å²) in [5.41, 5.74) is 1.09. The summed E-state index contributed by atoms with van der Waals surface area (Å²) < 4.78 is 2.08. The first kappa shape index (κ1) is 8.19. The van der Waals surface area contributed by atoms with Crippen molar-refractivity contribution in [3.05, 3.63) is 18.2 Å². The van der Waals surface area contributed by atoms with Gasteiger partial charge >= 0.3 is 76.2 Å². The molecule has 1 aromatic heterocycles. The number of nitrogens with zero attached hydrogens (tertiary/aromatic N) is 2. The average molecular weight is 330 g/mol. The normalized spacial score (nSPS) is 10.0. The molecule has 3 nitrogen and oxygen atoms in total. The summed E-state index contributed by atoms with van der Waals surface area (Å²) in [6, 6.07) is 0. The van der Waals surface area contributed by atoms with Crippen LogP contribution in [0, 0.1) is 0 Å². The molecule has 0 atom stereocenters. The molecule has 0 unspecified atom stereocenters. The van der Waals surface area contributed by atoms with Crippen molar-refractivity contribution >= 4 is 26.1 Å². The predicted molar refractivity (Wildman–Crippen MR) is 38.8 cm³/mol. The molecule has 52 valence electrons. The van der Waals surface area contributed by atoms with E-state index >= 15 is 0 Å². The molecule has 0 fully saturated rings. The van der Waals surface area contributed by atoms with Crippen LogP contribution in [0.5, 0.6) is 0 Å². The van der Waals surface area contributed by atoms with Crippen LogP contribution in [0.3, 0.4) is 0 Å². The summed E-state index contributed by atoms with van der Waals surface area (Å²) in [5.74, 6) is 0. The molecule has 10 heavy (non-hydrogen) atoms. The van der Waals surface area contributed by atoms with E-state index in [0.717, 1.165) is 44.6 Å². The molecular weight excluding hydrogens is 320 g/mol. The molecule has 0 aromatic carbocycles. The second kappa shape index (κ2) is 4.07. The average Bonchev–Trinajstić information content (AvgIpc) is 2.31. The number of hydrogen-bond acceptors (Lipinski definition) is 2. The van der Waals surface area contributed by atoms with E-state index in [2.05, 4.69) is 7.36 Å². The molecule has 0 aliphatic carbocycles. The van der Waals surface area contributed by atoms with E-state index in [-0.39, 0.29) is 6.61 Å². The minimum absolute atomic E-state index is 0.260. The first-order valence-electron chi connectivity index (χ1n) is 3.21. The van der Waals surface area contributed by atoms with E-state index in [1.54, 1.807) is 0 Å². The van der Waals surface area contributed by atoms with E-state index in [0.29, 0.717) is 0 Å². The second-order valence-corrected chi connectivity index (χ2v) is 4.46. The van der Waals surface area contributed by atoms with Crippen LogP contribution in [-0.2, 0) is 6.42 Å². The van der Waals surface area contributed by atoms with Gasteiger partial charge in [0.1, 0.15) is 0 Å². The Morgan fingerprint density at radius 1 is 1.70 bits per heavy atom. The van der Waals surface area contributed by atoms with Crippen molar-refractivity contribution in [2.24, 2.45) is 0 Å². The van der Waals surface area contributed by atoms with Crippen molar-refractivity contribution in [3.8, 4) is 0 Å². The third-order valence-electron chi connectivity index (χ3n) is 1.25. The van der Waals surface area contributed by atoms with Crippen LogP contribution in [0.15, 0.2) is 12.5 Å². The van der Waals surface area contributed by atoms with E-state index in [1.165, 1.54) is 0 Å². The fourth-order valence-electron chi connectivity index (χ4n) is 0.769. The molecule has 0 bridgehead atoms. The molecule has 0 radical (unpaired) electrons. The van der Waals surface area contributed by atoms with Crippen molar-refractivity contribution in [2.75, 3.05) is 6.61 Å². The zero-order valence-electron chi connectivity index (χ0n) is 5.70. The van der Waals surface area contributed by atoms with Crippen LogP contribution in [0.2, 0.25) is 0 Å². The molecule has 0 aliphatic heterocycles. The van der Waals surface area contributed by atoms with Gasteiger partial charge in [-0.05, 0) is 0 Å². The molecule has 0 amide bonds. The summed E-state index contributed by atoms with van der Waals surface area (Å²) in [7, 11) is 0. The zero-order chi connectivity index (χ0) is 7.40. The van der Waals surface area contributed by atoms with E-state index in [4.69, 9.17) is 5.11 Å². The van der Waals surface area contributed by atoms with Crippen molar-refractivity contribution in [2.45, 2.75) is 12.8 Å². The van der Waals surface area contributed by atoms with Gasteiger partial charge in [0.25, 0.3) is 0 Å². The quantitative estimate of drug-likeness (QED) is 0.776. The topological polar surface area (TPSA) is 38.0 Å². The molecule has 0 saturated heterocycles. The number of hydrogen-bond donors (Lipinski definition) is 1. The maximum absolute atomic E-state index is 8.51. The molecule has 0 spiro atoms. The van der Waals surface area contributed by atoms with Crippen molar-refractivity contribution < 1.29 is 5.11 Å². The molecule has 0 aliphatic rings. The predicted octanol–water partition coefficient (Wildman–Crippen LogP) is -0.260. The maximum atomic E-state index is 8.51. The third-order valence-corrected chi connectivity index (χ3v) is 2.34. The summed E-state index contributed by atoms with van der Waals surface area (Å²) in [6.07, 6.45) is 5.61.